The van der Waals surface area contributed by atoms with Crippen molar-refractivity contribution in [2.75, 3.05) is 17.7 Å². The van der Waals surface area contributed by atoms with Crippen LogP contribution in [0.2, 0.25) is 10.0 Å². The molecular formula is C18H17Cl2NO5S. The number of carbonyl (C=O) groups excluding carboxylic acids is 2. The summed E-state index contributed by atoms with van der Waals surface area (Å²) in [7, 11) is -3.60. The zero-order valence-corrected chi connectivity index (χ0v) is 16.7. The maximum Gasteiger partial charge on any atom is 0.307 e. The number of hydrogen-bond donors (Lipinski definition) is 1. The van der Waals surface area contributed by atoms with E-state index < -0.39 is 34.1 Å². The van der Waals surface area contributed by atoms with E-state index in [-0.39, 0.29) is 27.0 Å². The van der Waals surface area contributed by atoms with Crippen molar-refractivity contribution in [3.8, 4) is 0 Å². The molecule has 0 aliphatic carbocycles. The standard InChI is InChI=1S/C18H17Cl2NO5S/c1-12-5-7-13(8-6-12)27(24,25)10-9-17(23)26-11-16(22)21-15-4-2-3-14(19)18(15)20/h2-8H,9-11H2,1H3,(H,21,22). The molecule has 0 spiro atoms. The van der Waals surface area contributed by atoms with E-state index in [4.69, 9.17) is 27.9 Å². The van der Waals surface area contributed by atoms with Crippen LogP contribution >= 0.6 is 23.2 Å². The highest BCUT2D eigenvalue weighted by molar-refractivity contribution is 7.91. The molecule has 0 aromatic heterocycles. The van der Waals surface area contributed by atoms with Crippen LogP contribution in [0.15, 0.2) is 47.4 Å². The van der Waals surface area contributed by atoms with Crippen molar-refractivity contribution >= 4 is 50.6 Å². The molecule has 0 heterocycles. The first-order chi connectivity index (χ1) is 12.7. The van der Waals surface area contributed by atoms with Crippen molar-refractivity contribution in [3.63, 3.8) is 0 Å². The molecule has 2 aromatic carbocycles. The van der Waals surface area contributed by atoms with Gasteiger partial charge in [-0.1, -0.05) is 47.0 Å². The number of anilines is 1. The van der Waals surface area contributed by atoms with Crippen LogP contribution in [0, 0.1) is 6.92 Å². The Kier molecular flexibility index (Phi) is 7.24. The molecule has 0 atom stereocenters. The Bertz CT molecular complexity index is 943. The Morgan fingerprint density at radius 3 is 2.41 bits per heavy atom. The second-order valence-corrected chi connectivity index (χ2v) is 8.59. The summed E-state index contributed by atoms with van der Waals surface area (Å²) in [5, 5.41) is 2.90. The summed E-state index contributed by atoms with van der Waals surface area (Å²) in [6, 6.07) is 11.0. The molecule has 0 fully saturated rings. The number of carbonyl (C=O) groups is 2. The number of sulfone groups is 1. The highest BCUT2D eigenvalue weighted by atomic mass is 35.5. The Balaban J connectivity index is 1.82. The molecule has 27 heavy (non-hydrogen) atoms. The molecule has 1 N–H and O–H groups in total. The van der Waals surface area contributed by atoms with E-state index in [9.17, 15) is 18.0 Å². The molecule has 9 heteroatoms. The number of benzene rings is 2. The van der Waals surface area contributed by atoms with Gasteiger partial charge >= 0.3 is 5.97 Å². The van der Waals surface area contributed by atoms with E-state index in [0.29, 0.717) is 0 Å². The molecule has 0 saturated heterocycles. The molecule has 0 bridgehead atoms. The van der Waals surface area contributed by atoms with Crippen LogP contribution in [0.4, 0.5) is 5.69 Å². The van der Waals surface area contributed by atoms with Gasteiger partial charge in [-0.3, -0.25) is 9.59 Å². The lowest BCUT2D eigenvalue weighted by Gasteiger charge is -2.09. The fourth-order valence-corrected chi connectivity index (χ4v) is 3.66. The summed E-state index contributed by atoms with van der Waals surface area (Å²) < 4.78 is 29.2. The molecular weight excluding hydrogens is 413 g/mol. The normalized spacial score (nSPS) is 11.1. The van der Waals surface area contributed by atoms with Crippen molar-refractivity contribution in [1.82, 2.24) is 0 Å². The first kappa shape index (κ1) is 21.2. The van der Waals surface area contributed by atoms with Crippen LogP contribution in [-0.4, -0.2) is 32.7 Å². The summed E-state index contributed by atoms with van der Waals surface area (Å²) in [6.45, 7) is 1.28. The van der Waals surface area contributed by atoms with Crippen LogP contribution in [0.3, 0.4) is 0 Å². The predicted octanol–water partition coefficient (Wildman–Crippen LogP) is 3.65. The van der Waals surface area contributed by atoms with Crippen LogP contribution in [0.25, 0.3) is 0 Å². The van der Waals surface area contributed by atoms with Gasteiger partial charge in [-0.2, -0.15) is 0 Å². The third-order valence-electron chi connectivity index (χ3n) is 3.54. The predicted molar refractivity (Wildman–Crippen MR) is 104 cm³/mol. The van der Waals surface area contributed by atoms with Crippen LogP contribution in [-0.2, 0) is 24.2 Å². The molecule has 1 amide bonds. The van der Waals surface area contributed by atoms with E-state index in [0.717, 1.165) is 5.56 Å². The average Bonchev–Trinajstić information content (AvgIpc) is 2.62. The summed E-state index contributed by atoms with van der Waals surface area (Å²) in [5.74, 6) is -1.82. The van der Waals surface area contributed by atoms with Gasteiger partial charge in [-0.15, -0.1) is 0 Å². The van der Waals surface area contributed by atoms with Gasteiger partial charge in [0.1, 0.15) is 0 Å². The van der Waals surface area contributed by atoms with Gasteiger partial charge in [0, 0.05) is 0 Å². The largest absolute Gasteiger partial charge is 0.456 e. The molecule has 0 radical (unpaired) electrons. The van der Waals surface area contributed by atoms with Gasteiger partial charge < -0.3 is 10.1 Å². The van der Waals surface area contributed by atoms with E-state index in [2.05, 4.69) is 5.32 Å². The first-order valence-electron chi connectivity index (χ1n) is 7.88. The fraction of sp³-hybridized carbons (Fsp3) is 0.222. The lowest BCUT2D eigenvalue weighted by molar-refractivity contribution is -0.146. The maximum absolute atomic E-state index is 12.2. The molecule has 0 aliphatic rings. The highest BCUT2D eigenvalue weighted by Gasteiger charge is 2.18. The number of esters is 1. The summed E-state index contributed by atoms with van der Waals surface area (Å²) >= 11 is 11.8. The number of aryl methyl sites for hydroxylation is 1. The topological polar surface area (TPSA) is 89.5 Å². The van der Waals surface area contributed by atoms with Gasteiger partial charge in [-0.05, 0) is 31.2 Å². The number of ether oxygens (including phenoxy) is 1. The van der Waals surface area contributed by atoms with E-state index in [1.165, 1.54) is 12.1 Å². The number of rotatable bonds is 7. The minimum atomic E-state index is -3.60. The van der Waals surface area contributed by atoms with Crippen molar-refractivity contribution in [2.45, 2.75) is 18.2 Å². The fourth-order valence-electron chi connectivity index (χ4n) is 2.09. The molecule has 0 unspecified atom stereocenters. The summed E-state index contributed by atoms with van der Waals surface area (Å²) in [4.78, 5) is 23.7. The number of halogens is 2. The monoisotopic (exact) mass is 429 g/mol. The lowest BCUT2D eigenvalue weighted by Crippen LogP contribution is -2.22. The number of amides is 1. The zero-order chi connectivity index (χ0) is 20.0. The molecule has 144 valence electrons. The van der Waals surface area contributed by atoms with Crippen molar-refractivity contribution in [2.24, 2.45) is 0 Å². The smallest absolute Gasteiger partial charge is 0.307 e. The van der Waals surface area contributed by atoms with Crippen LogP contribution in [0.1, 0.15) is 12.0 Å². The molecule has 0 aliphatic heterocycles. The molecule has 0 saturated carbocycles. The van der Waals surface area contributed by atoms with Gasteiger partial charge in [0.15, 0.2) is 16.4 Å². The third kappa shape index (κ3) is 6.23. The van der Waals surface area contributed by atoms with E-state index in [1.54, 1.807) is 30.3 Å². The minimum absolute atomic E-state index is 0.134. The minimum Gasteiger partial charge on any atom is -0.456 e. The van der Waals surface area contributed by atoms with E-state index in [1.807, 2.05) is 6.92 Å². The molecule has 6 nitrogen and oxygen atoms in total. The van der Waals surface area contributed by atoms with Crippen molar-refractivity contribution in [1.29, 1.82) is 0 Å². The van der Waals surface area contributed by atoms with Crippen molar-refractivity contribution in [3.05, 3.63) is 58.1 Å². The summed E-state index contributed by atoms with van der Waals surface area (Å²) in [5.41, 5.74) is 1.21. The average molecular weight is 430 g/mol. The summed E-state index contributed by atoms with van der Waals surface area (Å²) in [6.07, 6.45) is -0.360. The molecule has 2 rings (SSSR count). The maximum atomic E-state index is 12.2. The second kappa shape index (κ2) is 9.21. The van der Waals surface area contributed by atoms with Crippen molar-refractivity contribution < 1.29 is 22.7 Å². The Morgan fingerprint density at radius 1 is 1.07 bits per heavy atom. The first-order valence-corrected chi connectivity index (χ1v) is 10.3. The van der Waals surface area contributed by atoms with Gasteiger partial charge in [0.05, 0.1) is 32.8 Å². The third-order valence-corrected chi connectivity index (χ3v) is 6.10. The quantitative estimate of drug-likeness (QED) is 0.678. The van der Waals surface area contributed by atoms with Crippen LogP contribution < -0.4 is 5.32 Å². The van der Waals surface area contributed by atoms with Gasteiger partial charge in [0.2, 0.25) is 0 Å². The van der Waals surface area contributed by atoms with Gasteiger partial charge in [0.25, 0.3) is 5.91 Å². The molecule has 2 aromatic rings. The number of hydrogen-bond acceptors (Lipinski definition) is 5. The second-order valence-electron chi connectivity index (χ2n) is 5.69. The number of nitrogens with one attached hydrogen (secondary N) is 1. The zero-order valence-electron chi connectivity index (χ0n) is 14.4. The van der Waals surface area contributed by atoms with Gasteiger partial charge in [-0.25, -0.2) is 8.42 Å². The lowest BCUT2D eigenvalue weighted by atomic mass is 10.2. The SMILES string of the molecule is Cc1ccc(S(=O)(=O)CCC(=O)OCC(=O)Nc2cccc(Cl)c2Cl)cc1. The van der Waals surface area contributed by atoms with Crippen LogP contribution in [0.5, 0.6) is 0 Å². The van der Waals surface area contributed by atoms with E-state index >= 15 is 0 Å². The highest BCUT2D eigenvalue weighted by Crippen LogP contribution is 2.29. The Labute approximate surface area is 167 Å². The Hall–Kier alpha value is -2.09. The Morgan fingerprint density at radius 2 is 1.74 bits per heavy atom.